The van der Waals surface area contributed by atoms with Crippen molar-refractivity contribution in [3.05, 3.63) is 18.0 Å². The van der Waals surface area contributed by atoms with Crippen molar-refractivity contribution >= 4 is 0 Å². The maximum atomic E-state index is 5.27. The van der Waals surface area contributed by atoms with E-state index in [0.29, 0.717) is 6.61 Å². The Morgan fingerprint density at radius 3 is 2.83 bits per heavy atom. The molecule has 0 radical (unpaired) electrons. The van der Waals surface area contributed by atoms with Crippen molar-refractivity contribution in [3.8, 4) is 5.75 Å². The molecule has 0 saturated heterocycles. The monoisotopic (exact) mass is 251 g/mol. The maximum absolute atomic E-state index is 5.27. The number of rotatable bonds is 7. The van der Waals surface area contributed by atoms with Crippen molar-refractivity contribution in [3.63, 3.8) is 0 Å². The highest BCUT2D eigenvalue weighted by Gasteiger charge is 2.12. The minimum absolute atomic E-state index is 0.701. The lowest BCUT2D eigenvalue weighted by molar-refractivity contribution is -0.203. The van der Waals surface area contributed by atoms with Crippen molar-refractivity contribution in [2.24, 2.45) is 0 Å². The van der Waals surface area contributed by atoms with Crippen LogP contribution in [0.1, 0.15) is 57.4 Å². The lowest BCUT2D eigenvalue weighted by atomic mass is 10.1. The van der Waals surface area contributed by atoms with Crippen LogP contribution in [0.4, 0.5) is 0 Å². The number of hydrogen-bond acceptors (Lipinski definition) is 2. The first-order chi connectivity index (χ1) is 8.90. The Balaban J connectivity index is 1.70. The molecule has 3 heteroatoms. The van der Waals surface area contributed by atoms with Crippen LogP contribution in [0.2, 0.25) is 0 Å². The standard InChI is InChI=1S/C15H25NO2/c1-2-3-4-5-6-7-10-16-12-14-9-8-11-17-18-15(14)13-16/h12-13H,2-11H2,1H3. The van der Waals surface area contributed by atoms with E-state index in [1.165, 1.54) is 44.1 Å². The molecule has 0 unspecified atom stereocenters. The van der Waals surface area contributed by atoms with E-state index in [4.69, 9.17) is 9.78 Å². The maximum Gasteiger partial charge on any atom is 0.186 e. The first-order valence-corrected chi connectivity index (χ1v) is 7.38. The fourth-order valence-electron chi connectivity index (χ4n) is 2.43. The highest BCUT2D eigenvalue weighted by atomic mass is 17.2. The zero-order valence-corrected chi connectivity index (χ0v) is 11.5. The van der Waals surface area contributed by atoms with Gasteiger partial charge in [0.1, 0.15) is 0 Å². The smallest absolute Gasteiger partial charge is 0.186 e. The molecule has 1 aliphatic rings. The van der Waals surface area contributed by atoms with E-state index in [2.05, 4.69) is 23.9 Å². The van der Waals surface area contributed by atoms with E-state index in [1.807, 2.05) is 0 Å². The first kappa shape index (κ1) is 13.5. The van der Waals surface area contributed by atoms with Gasteiger partial charge in [0.15, 0.2) is 5.75 Å². The third-order valence-electron chi connectivity index (χ3n) is 3.51. The molecule has 0 N–H and O–H groups in total. The van der Waals surface area contributed by atoms with Crippen LogP contribution in [0, 0.1) is 0 Å². The molecule has 2 rings (SSSR count). The minimum Gasteiger partial charge on any atom is -0.350 e. The van der Waals surface area contributed by atoms with Crippen LogP contribution < -0.4 is 4.89 Å². The zero-order valence-electron chi connectivity index (χ0n) is 11.5. The number of aromatic nitrogens is 1. The van der Waals surface area contributed by atoms with E-state index in [-0.39, 0.29) is 0 Å². The van der Waals surface area contributed by atoms with Gasteiger partial charge in [0.05, 0.1) is 12.8 Å². The fourth-order valence-corrected chi connectivity index (χ4v) is 2.43. The molecule has 102 valence electrons. The van der Waals surface area contributed by atoms with E-state index >= 15 is 0 Å². The van der Waals surface area contributed by atoms with Crippen LogP contribution in [0.5, 0.6) is 5.75 Å². The van der Waals surface area contributed by atoms with E-state index in [9.17, 15) is 0 Å². The van der Waals surface area contributed by atoms with Crippen molar-refractivity contribution in [2.45, 2.75) is 64.8 Å². The van der Waals surface area contributed by atoms with Gasteiger partial charge in [-0.2, -0.15) is 4.89 Å². The van der Waals surface area contributed by atoms with Crippen LogP contribution in [-0.4, -0.2) is 11.2 Å². The average Bonchev–Trinajstić information content (AvgIpc) is 2.64. The summed E-state index contributed by atoms with van der Waals surface area (Å²) in [6, 6.07) is 0. The predicted octanol–water partition coefficient (Wildman–Crippen LogP) is 4.11. The molecule has 0 spiro atoms. The molecule has 0 fully saturated rings. The fraction of sp³-hybridized carbons (Fsp3) is 0.733. The Hall–Kier alpha value is -0.960. The van der Waals surface area contributed by atoms with Gasteiger partial charge in [-0.15, -0.1) is 0 Å². The summed E-state index contributed by atoms with van der Waals surface area (Å²) >= 11 is 0. The Kier molecular flexibility index (Phi) is 5.59. The van der Waals surface area contributed by atoms with E-state index in [1.54, 1.807) is 0 Å². The highest BCUT2D eigenvalue weighted by molar-refractivity contribution is 5.31. The van der Waals surface area contributed by atoms with Gasteiger partial charge in [-0.1, -0.05) is 39.0 Å². The quantitative estimate of drug-likeness (QED) is 0.538. The Morgan fingerprint density at radius 2 is 1.94 bits per heavy atom. The second-order valence-electron chi connectivity index (χ2n) is 5.16. The van der Waals surface area contributed by atoms with Crippen LogP contribution in [0.15, 0.2) is 12.4 Å². The minimum atomic E-state index is 0.701. The molecule has 0 bridgehead atoms. The summed E-state index contributed by atoms with van der Waals surface area (Å²) < 4.78 is 2.25. The normalized spacial score (nSPS) is 14.9. The van der Waals surface area contributed by atoms with Gasteiger partial charge in [-0.3, -0.25) is 0 Å². The van der Waals surface area contributed by atoms with Crippen LogP contribution in [0.3, 0.4) is 0 Å². The number of fused-ring (bicyclic) bond motifs is 1. The molecule has 3 nitrogen and oxygen atoms in total. The summed E-state index contributed by atoms with van der Waals surface area (Å²) in [6.07, 6.45) is 14.5. The number of aryl methyl sites for hydroxylation is 2. The molecule has 0 saturated carbocycles. The molecule has 1 aliphatic heterocycles. The third kappa shape index (κ3) is 4.05. The zero-order chi connectivity index (χ0) is 12.6. The summed E-state index contributed by atoms with van der Waals surface area (Å²) in [7, 11) is 0. The first-order valence-electron chi connectivity index (χ1n) is 7.38. The summed E-state index contributed by atoms with van der Waals surface area (Å²) in [4.78, 5) is 10.4. The second kappa shape index (κ2) is 7.47. The summed E-state index contributed by atoms with van der Waals surface area (Å²) in [5, 5.41) is 0. The molecule has 0 aromatic carbocycles. The number of hydrogen-bond donors (Lipinski definition) is 0. The van der Waals surface area contributed by atoms with Gasteiger partial charge < -0.3 is 9.45 Å². The topological polar surface area (TPSA) is 23.4 Å². The van der Waals surface area contributed by atoms with Gasteiger partial charge in [0.25, 0.3) is 0 Å². The highest BCUT2D eigenvalue weighted by Crippen LogP contribution is 2.24. The summed E-state index contributed by atoms with van der Waals surface area (Å²) in [6.45, 7) is 4.06. The second-order valence-corrected chi connectivity index (χ2v) is 5.16. The van der Waals surface area contributed by atoms with Crippen molar-refractivity contribution in [1.29, 1.82) is 0 Å². The molecule has 0 aliphatic carbocycles. The molecule has 0 amide bonds. The SMILES string of the molecule is CCCCCCCCn1cc2c(c1)OOCCC2. The van der Waals surface area contributed by atoms with Crippen LogP contribution in [0.25, 0.3) is 0 Å². The van der Waals surface area contributed by atoms with Crippen molar-refractivity contribution in [2.75, 3.05) is 6.61 Å². The Bertz CT molecular complexity index is 323. The van der Waals surface area contributed by atoms with Gasteiger partial charge in [0.2, 0.25) is 0 Å². The van der Waals surface area contributed by atoms with E-state index < -0.39 is 0 Å². The molecule has 2 heterocycles. The van der Waals surface area contributed by atoms with Crippen LogP contribution >= 0.6 is 0 Å². The third-order valence-corrected chi connectivity index (χ3v) is 3.51. The molecular formula is C15H25NO2. The largest absolute Gasteiger partial charge is 0.350 e. The van der Waals surface area contributed by atoms with Crippen molar-refractivity contribution in [1.82, 2.24) is 4.57 Å². The Morgan fingerprint density at radius 1 is 1.11 bits per heavy atom. The average molecular weight is 251 g/mol. The Labute approximate surface area is 110 Å². The lowest BCUT2D eigenvalue weighted by Gasteiger charge is -2.03. The van der Waals surface area contributed by atoms with Gasteiger partial charge in [0, 0.05) is 18.3 Å². The molecule has 18 heavy (non-hydrogen) atoms. The molecule has 1 aromatic heterocycles. The van der Waals surface area contributed by atoms with Gasteiger partial charge >= 0.3 is 0 Å². The number of unbranched alkanes of at least 4 members (excludes halogenated alkanes) is 5. The summed E-state index contributed by atoms with van der Waals surface area (Å²) in [5.74, 6) is 0.915. The predicted molar refractivity (Wildman–Crippen MR) is 72.7 cm³/mol. The van der Waals surface area contributed by atoms with Crippen molar-refractivity contribution < 1.29 is 9.78 Å². The molecule has 1 aromatic rings. The molecular weight excluding hydrogens is 226 g/mol. The van der Waals surface area contributed by atoms with Gasteiger partial charge in [-0.05, 0) is 19.3 Å². The van der Waals surface area contributed by atoms with E-state index in [0.717, 1.165) is 25.1 Å². The lowest BCUT2D eigenvalue weighted by Crippen LogP contribution is -1.97. The van der Waals surface area contributed by atoms with Gasteiger partial charge in [-0.25, -0.2) is 0 Å². The summed E-state index contributed by atoms with van der Waals surface area (Å²) in [5.41, 5.74) is 1.29. The molecule has 0 atom stereocenters. The van der Waals surface area contributed by atoms with Crippen LogP contribution in [-0.2, 0) is 17.9 Å². The number of nitrogens with zero attached hydrogens (tertiary/aromatic N) is 1.